The zero-order chi connectivity index (χ0) is 21.2. The van der Waals surface area contributed by atoms with Crippen LogP contribution in [-0.4, -0.2) is 47.9 Å². The van der Waals surface area contributed by atoms with E-state index in [1.165, 1.54) is 0 Å². The van der Waals surface area contributed by atoms with Gasteiger partial charge in [0.2, 0.25) is 5.91 Å². The lowest BCUT2D eigenvalue weighted by Gasteiger charge is -2.26. The molecule has 2 aromatic rings. The molecule has 31 heavy (non-hydrogen) atoms. The van der Waals surface area contributed by atoms with Gasteiger partial charge in [-0.1, -0.05) is 18.2 Å². The fourth-order valence-corrected chi connectivity index (χ4v) is 4.75. The van der Waals surface area contributed by atoms with E-state index in [0.29, 0.717) is 31.7 Å². The van der Waals surface area contributed by atoms with E-state index in [0.717, 1.165) is 61.4 Å². The van der Waals surface area contributed by atoms with Crippen LogP contribution in [0.15, 0.2) is 42.5 Å². The highest BCUT2D eigenvalue weighted by Crippen LogP contribution is 2.38. The van der Waals surface area contributed by atoms with Crippen molar-refractivity contribution < 1.29 is 19.1 Å². The van der Waals surface area contributed by atoms with E-state index in [1.54, 1.807) is 0 Å². The zero-order valence-corrected chi connectivity index (χ0v) is 17.7. The van der Waals surface area contributed by atoms with Crippen LogP contribution in [0, 0.1) is 0 Å². The summed E-state index contributed by atoms with van der Waals surface area (Å²) in [6.07, 6.45) is 4.39. The lowest BCUT2D eigenvalue weighted by molar-refractivity contribution is -0.128. The van der Waals surface area contributed by atoms with Crippen LogP contribution in [0.3, 0.4) is 0 Å². The molecular weight excluding hydrogens is 392 g/mol. The topological polar surface area (TPSA) is 59.1 Å². The summed E-state index contributed by atoms with van der Waals surface area (Å²) in [5.41, 5.74) is 2.85. The molecule has 0 aliphatic carbocycles. The van der Waals surface area contributed by atoms with Gasteiger partial charge in [0.15, 0.2) is 11.5 Å². The van der Waals surface area contributed by atoms with Crippen LogP contribution in [0.4, 0.5) is 0 Å². The van der Waals surface area contributed by atoms with E-state index in [9.17, 15) is 9.59 Å². The summed E-state index contributed by atoms with van der Waals surface area (Å²) >= 11 is 0. The van der Waals surface area contributed by atoms with Gasteiger partial charge < -0.3 is 19.3 Å². The second kappa shape index (κ2) is 8.61. The maximum Gasteiger partial charge on any atom is 0.254 e. The number of amides is 2. The first-order valence-corrected chi connectivity index (χ1v) is 11.3. The van der Waals surface area contributed by atoms with E-state index in [-0.39, 0.29) is 17.9 Å². The summed E-state index contributed by atoms with van der Waals surface area (Å²) in [4.78, 5) is 29.0. The maximum atomic E-state index is 13.3. The van der Waals surface area contributed by atoms with Crippen molar-refractivity contribution >= 4 is 11.8 Å². The van der Waals surface area contributed by atoms with E-state index >= 15 is 0 Å². The molecule has 162 valence electrons. The Hall–Kier alpha value is -3.02. The fraction of sp³-hybridized carbons (Fsp3) is 0.440. The van der Waals surface area contributed by atoms with Crippen molar-refractivity contribution in [2.45, 2.75) is 44.7 Å². The van der Waals surface area contributed by atoms with Gasteiger partial charge >= 0.3 is 0 Å². The molecule has 0 bridgehead atoms. The summed E-state index contributed by atoms with van der Waals surface area (Å²) in [5.74, 6) is 1.83. The molecule has 0 saturated carbocycles. The molecule has 3 aliphatic rings. The van der Waals surface area contributed by atoms with E-state index in [4.69, 9.17) is 9.47 Å². The van der Waals surface area contributed by atoms with Gasteiger partial charge in [-0.2, -0.15) is 0 Å². The standard InChI is InChI=1S/C25H28N2O4/c28-24-5-2-12-26(24)17-18-6-8-19(9-7-18)25(29)27-13-1-4-21(27)20-10-11-22-23(16-20)31-15-3-14-30-22/h6-11,16,21H,1-5,12-15,17H2/t21-/m1/s1. The molecule has 0 N–H and O–H groups in total. The van der Waals surface area contributed by atoms with Gasteiger partial charge in [-0.15, -0.1) is 0 Å². The highest BCUT2D eigenvalue weighted by molar-refractivity contribution is 5.94. The third-order valence-electron chi connectivity index (χ3n) is 6.42. The van der Waals surface area contributed by atoms with Crippen molar-refractivity contribution in [2.75, 3.05) is 26.3 Å². The number of likely N-dealkylation sites (tertiary alicyclic amines) is 2. The second-order valence-electron chi connectivity index (χ2n) is 8.53. The Labute approximate surface area is 182 Å². The van der Waals surface area contributed by atoms with Gasteiger partial charge in [-0.25, -0.2) is 0 Å². The molecule has 6 heteroatoms. The third-order valence-corrected chi connectivity index (χ3v) is 6.42. The summed E-state index contributed by atoms with van der Waals surface area (Å²) < 4.78 is 11.6. The number of fused-ring (bicyclic) bond motifs is 1. The number of carbonyl (C=O) groups is 2. The van der Waals surface area contributed by atoms with Crippen LogP contribution in [0.5, 0.6) is 11.5 Å². The maximum absolute atomic E-state index is 13.3. The van der Waals surface area contributed by atoms with Crippen molar-refractivity contribution in [3.8, 4) is 11.5 Å². The molecule has 2 fully saturated rings. The molecule has 2 aromatic carbocycles. The Bertz CT molecular complexity index is 972. The van der Waals surface area contributed by atoms with Crippen molar-refractivity contribution in [3.05, 3.63) is 59.2 Å². The molecule has 3 heterocycles. The van der Waals surface area contributed by atoms with Gasteiger partial charge in [0.1, 0.15) is 0 Å². The van der Waals surface area contributed by atoms with Crippen molar-refractivity contribution in [3.63, 3.8) is 0 Å². The van der Waals surface area contributed by atoms with Crippen LogP contribution in [0.2, 0.25) is 0 Å². The minimum atomic E-state index is 0.0477. The predicted octanol–water partition coefficient (Wildman–Crippen LogP) is 3.95. The Kier molecular flexibility index (Phi) is 5.53. The molecule has 5 rings (SSSR count). The second-order valence-corrected chi connectivity index (χ2v) is 8.53. The molecule has 3 aliphatic heterocycles. The van der Waals surface area contributed by atoms with E-state index in [2.05, 4.69) is 6.07 Å². The third kappa shape index (κ3) is 4.11. The van der Waals surface area contributed by atoms with Gasteiger partial charge in [-0.05, 0) is 54.7 Å². The van der Waals surface area contributed by atoms with Gasteiger partial charge in [0, 0.05) is 38.0 Å². The average molecular weight is 421 g/mol. The lowest BCUT2D eigenvalue weighted by atomic mass is 10.0. The van der Waals surface area contributed by atoms with Crippen molar-refractivity contribution in [2.24, 2.45) is 0 Å². The monoisotopic (exact) mass is 420 g/mol. The largest absolute Gasteiger partial charge is 0.490 e. The van der Waals surface area contributed by atoms with Gasteiger partial charge in [0.25, 0.3) is 5.91 Å². The van der Waals surface area contributed by atoms with E-state index < -0.39 is 0 Å². The molecule has 2 saturated heterocycles. The van der Waals surface area contributed by atoms with Crippen molar-refractivity contribution in [1.82, 2.24) is 9.80 Å². The van der Waals surface area contributed by atoms with E-state index in [1.807, 2.05) is 46.2 Å². The molecule has 0 radical (unpaired) electrons. The molecule has 1 atom stereocenters. The van der Waals surface area contributed by atoms with Crippen LogP contribution < -0.4 is 9.47 Å². The Balaban J connectivity index is 1.30. The van der Waals surface area contributed by atoms with Crippen molar-refractivity contribution in [1.29, 1.82) is 0 Å². The number of nitrogens with zero attached hydrogens (tertiary/aromatic N) is 2. The van der Waals surface area contributed by atoms with Crippen LogP contribution in [-0.2, 0) is 11.3 Å². The predicted molar refractivity (Wildman–Crippen MR) is 116 cm³/mol. The first-order chi connectivity index (χ1) is 15.2. The molecule has 2 amide bonds. The van der Waals surface area contributed by atoms with Crippen LogP contribution in [0.25, 0.3) is 0 Å². The molecule has 0 aromatic heterocycles. The SMILES string of the molecule is O=C1CCCN1Cc1ccc(C(=O)N2CCC[C@@H]2c2ccc3c(c2)OCCCO3)cc1. The quantitative estimate of drug-likeness (QED) is 0.752. The normalized spacial score (nSPS) is 20.8. The highest BCUT2D eigenvalue weighted by Gasteiger charge is 2.31. The summed E-state index contributed by atoms with van der Waals surface area (Å²) in [7, 11) is 0. The highest BCUT2D eigenvalue weighted by atomic mass is 16.5. The molecule has 0 spiro atoms. The van der Waals surface area contributed by atoms with Crippen LogP contribution in [0.1, 0.15) is 59.6 Å². The molecule has 6 nitrogen and oxygen atoms in total. The minimum absolute atomic E-state index is 0.0477. The average Bonchev–Trinajstić information content (AvgIpc) is 3.37. The van der Waals surface area contributed by atoms with Crippen LogP contribution >= 0.6 is 0 Å². The zero-order valence-electron chi connectivity index (χ0n) is 17.7. The molecular formula is C25H28N2O4. The Morgan fingerprint density at radius 2 is 1.74 bits per heavy atom. The number of hydrogen-bond acceptors (Lipinski definition) is 4. The summed E-state index contributed by atoms with van der Waals surface area (Å²) in [6.45, 7) is 3.52. The van der Waals surface area contributed by atoms with Gasteiger partial charge in [-0.3, -0.25) is 9.59 Å². The Morgan fingerprint density at radius 1 is 0.935 bits per heavy atom. The first-order valence-electron chi connectivity index (χ1n) is 11.3. The number of ether oxygens (including phenoxy) is 2. The number of hydrogen-bond donors (Lipinski definition) is 0. The Morgan fingerprint density at radius 3 is 2.52 bits per heavy atom. The summed E-state index contributed by atoms with van der Waals surface area (Å²) in [6, 6.07) is 13.8. The van der Waals surface area contributed by atoms with Gasteiger partial charge in [0.05, 0.1) is 19.3 Å². The minimum Gasteiger partial charge on any atom is -0.490 e. The number of rotatable bonds is 4. The smallest absolute Gasteiger partial charge is 0.254 e. The number of benzene rings is 2. The summed E-state index contributed by atoms with van der Waals surface area (Å²) in [5, 5.41) is 0. The first kappa shape index (κ1) is 19.9. The lowest BCUT2D eigenvalue weighted by Crippen LogP contribution is -2.30. The number of carbonyl (C=O) groups excluding carboxylic acids is 2. The molecule has 0 unspecified atom stereocenters. The fourth-order valence-electron chi connectivity index (χ4n) is 4.75.